The molecule has 7 heteroatoms. The van der Waals surface area contributed by atoms with Crippen molar-refractivity contribution in [1.29, 1.82) is 0 Å². The lowest BCUT2D eigenvalue weighted by Gasteiger charge is -2.17. The van der Waals surface area contributed by atoms with Crippen LogP contribution in [0.15, 0.2) is 22.7 Å². The molecule has 0 spiro atoms. The SMILES string of the molecule is CCOc1ccc(C(C)NC(=O)CCc2nc(C(C)C)no2)cc1OCC. The first-order chi connectivity index (χ1) is 12.9. The van der Waals surface area contributed by atoms with Gasteiger partial charge >= 0.3 is 0 Å². The molecule has 27 heavy (non-hydrogen) atoms. The minimum atomic E-state index is -0.152. The predicted molar refractivity (Wildman–Crippen MR) is 102 cm³/mol. The molecule has 1 aromatic carbocycles. The first-order valence-corrected chi connectivity index (χ1v) is 9.45. The van der Waals surface area contributed by atoms with Crippen LogP contribution in [-0.4, -0.2) is 29.3 Å². The first kappa shape index (κ1) is 20.7. The van der Waals surface area contributed by atoms with Gasteiger partial charge in [-0.15, -0.1) is 0 Å². The van der Waals surface area contributed by atoms with E-state index in [0.717, 1.165) is 5.56 Å². The highest BCUT2D eigenvalue weighted by Gasteiger charge is 2.15. The van der Waals surface area contributed by atoms with E-state index in [1.165, 1.54) is 0 Å². The summed E-state index contributed by atoms with van der Waals surface area (Å²) in [6.07, 6.45) is 0.713. The number of hydrogen-bond acceptors (Lipinski definition) is 6. The van der Waals surface area contributed by atoms with Crippen LogP contribution in [-0.2, 0) is 11.2 Å². The minimum absolute atomic E-state index is 0.0707. The summed E-state index contributed by atoms with van der Waals surface area (Å²) >= 11 is 0. The smallest absolute Gasteiger partial charge is 0.227 e. The fourth-order valence-electron chi connectivity index (χ4n) is 2.56. The van der Waals surface area contributed by atoms with Gasteiger partial charge in [0.15, 0.2) is 17.3 Å². The van der Waals surface area contributed by atoms with E-state index < -0.39 is 0 Å². The van der Waals surface area contributed by atoms with Gasteiger partial charge in [0.2, 0.25) is 11.8 Å². The molecule has 7 nitrogen and oxygen atoms in total. The van der Waals surface area contributed by atoms with Crippen molar-refractivity contribution in [1.82, 2.24) is 15.5 Å². The van der Waals surface area contributed by atoms with Crippen LogP contribution in [0, 0.1) is 0 Å². The molecular weight excluding hydrogens is 346 g/mol. The number of benzene rings is 1. The summed E-state index contributed by atoms with van der Waals surface area (Å²) < 4.78 is 16.4. The molecule has 1 unspecified atom stereocenters. The molecule has 0 aliphatic heterocycles. The summed E-state index contributed by atoms with van der Waals surface area (Å²) in [5.74, 6) is 2.68. The summed E-state index contributed by atoms with van der Waals surface area (Å²) in [5.41, 5.74) is 0.954. The third-order valence-electron chi connectivity index (χ3n) is 4.01. The second kappa shape index (κ2) is 9.94. The van der Waals surface area contributed by atoms with Gasteiger partial charge in [-0.2, -0.15) is 4.98 Å². The molecular formula is C20H29N3O4. The number of aromatic nitrogens is 2. The lowest BCUT2D eigenvalue weighted by atomic mass is 10.1. The van der Waals surface area contributed by atoms with Crippen LogP contribution in [0.4, 0.5) is 0 Å². The molecule has 2 aromatic rings. The molecule has 1 atom stereocenters. The summed E-state index contributed by atoms with van der Waals surface area (Å²) in [7, 11) is 0. The average Bonchev–Trinajstić information content (AvgIpc) is 3.11. The zero-order chi connectivity index (χ0) is 19.8. The summed E-state index contributed by atoms with van der Waals surface area (Å²) in [4.78, 5) is 16.6. The van der Waals surface area contributed by atoms with Crippen LogP contribution in [0.1, 0.15) is 70.3 Å². The minimum Gasteiger partial charge on any atom is -0.490 e. The zero-order valence-corrected chi connectivity index (χ0v) is 16.7. The van der Waals surface area contributed by atoms with Gasteiger partial charge in [0.1, 0.15) is 0 Å². The van der Waals surface area contributed by atoms with Crippen molar-refractivity contribution in [3.8, 4) is 11.5 Å². The van der Waals surface area contributed by atoms with E-state index in [4.69, 9.17) is 14.0 Å². The first-order valence-electron chi connectivity index (χ1n) is 9.45. The maximum Gasteiger partial charge on any atom is 0.227 e. The average molecular weight is 375 g/mol. The van der Waals surface area contributed by atoms with Crippen molar-refractivity contribution in [2.24, 2.45) is 0 Å². The molecule has 0 bridgehead atoms. The largest absolute Gasteiger partial charge is 0.490 e. The highest BCUT2D eigenvalue weighted by Crippen LogP contribution is 2.30. The van der Waals surface area contributed by atoms with E-state index in [-0.39, 0.29) is 17.9 Å². The summed E-state index contributed by atoms with van der Waals surface area (Å²) in [6, 6.07) is 5.57. The Labute approximate surface area is 160 Å². The van der Waals surface area contributed by atoms with Gasteiger partial charge in [0.25, 0.3) is 0 Å². The Morgan fingerprint density at radius 2 is 1.85 bits per heavy atom. The Hall–Kier alpha value is -2.57. The Balaban J connectivity index is 1.93. The van der Waals surface area contributed by atoms with Crippen molar-refractivity contribution in [3.63, 3.8) is 0 Å². The van der Waals surface area contributed by atoms with Gasteiger partial charge < -0.3 is 19.3 Å². The fraction of sp³-hybridized carbons (Fsp3) is 0.550. The Kier molecular flexibility index (Phi) is 7.64. The van der Waals surface area contributed by atoms with Gasteiger partial charge in [0.05, 0.1) is 19.3 Å². The number of carbonyl (C=O) groups is 1. The third-order valence-corrected chi connectivity index (χ3v) is 4.01. The van der Waals surface area contributed by atoms with Crippen molar-refractivity contribution in [2.75, 3.05) is 13.2 Å². The van der Waals surface area contributed by atoms with E-state index in [0.29, 0.717) is 49.3 Å². The third kappa shape index (κ3) is 5.98. The van der Waals surface area contributed by atoms with Crippen molar-refractivity contribution >= 4 is 5.91 Å². The second-order valence-electron chi connectivity index (χ2n) is 6.56. The molecule has 1 N–H and O–H groups in total. The van der Waals surface area contributed by atoms with Gasteiger partial charge in [-0.05, 0) is 38.5 Å². The van der Waals surface area contributed by atoms with E-state index in [2.05, 4.69) is 15.5 Å². The number of nitrogens with zero attached hydrogens (tertiary/aromatic N) is 2. The Morgan fingerprint density at radius 3 is 2.48 bits per heavy atom. The highest BCUT2D eigenvalue weighted by atomic mass is 16.5. The number of hydrogen-bond donors (Lipinski definition) is 1. The van der Waals surface area contributed by atoms with Crippen LogP contribution in [0.25, 0.3) is 0 Å². The van der Waals surface area contributed by atoms with Crippen molar-refractivity contribution < 1.29 is 18.8 Å². The quantitative estimate of drug-likeness (QED) is 0.680. The normalized spacial score (nSPS) is 12.1. The van der Waals surface area contributed by atoms with Gasteiger partial charge in [-0.25, -0.2) is 0 Å². The van der Waals surface area contributed by atoms with E-state index in [1.807, 2.05) is 52.8 Å². The molecule has 0 fully saturated rings. The van der Waals surface area contributed by atoms with E-state index in [9.17, 15) is 4.79 Å². The van der Waals surface area contributed by atoms with Crippen molar-refractivity contribution in [3.05, 3.63) is 35.5 Å². The molecule has 0 aliphatic rings. The number of nitrogens with one attached hydrogen (secondary N) is 1. The van der Waals surface area contributed by atoms with E-state index in [1.54, 1.807) is 0 Å². The second-order valence-corrected chi connectivity index (χ2v) is 6.56. The molecule has 148 valence electrons. The highest BCUT2D eigenvalue weighted by molar-refractivity contribution is 5.76. The van der Waals surface area contributed by atoms with Crippen LogP contribution < -0.4 is 14.8 Å². The molecule has 0 saturated heterocycles. The molecule has 0 radical (unpaired) electrons. The molecule has 1 aromatic heterocycles. The Morgan fingerprint density at radius 1 is 1.15 bits per heavy atom. The van der Waals surface area contributed by atoms with Crippen molar-refractivity contribution in [2.45, 2.75) is 59.4 Å². The lowest BCUT2D eigenvalue weighted by molar-refractivity contribution is -0.121. The number of aryl methyl sites for hydroxylation is 1. The molecule has 0 saturated carbocycles. The lowest BCUT2D eigenvalue weighted by Crippen LogP contribution is -2.26. The number of ether oxygens (including phenoxy) is 2. The van der Waals surface area contributed by atoms with Gasteiger partial charge in [-0.1, -0.05) is 25.1 Å². The summed E-state index contributed by atoms with van der Waals surface area (Å²) in [5, 5.41) is 6.90. The summed E-state index contributed by atoms with van der Waals surface area (Å²) in [6.45, 7) is 10.9. The Bertz CT molecular complexity index is 743. The van der Waals surface area contributed by atoms with Crippen LogP contribution in [0.5, 0.6) is 11.5 Å². The standard InChI is InChI=1S/C20H29N3O4/c1-6-25-16-9-8-15(12-17(16)26-7-2)14(5)21-18(24)10-11-19-22-20(13(3)4)23-27-19/h8-9,12-14H,6-7,10-11H2,1-5H3,(H,21,24). The number of rotatable bonds is 10. The maximum absolute atomic E-state index is 12.3. The van der Waals surface area contributed by atoms with Gasteiger partial charge in [0, 0.05) is 18.8 Å². The maximum atomic E-state index is 12.3. The molecule has 0 aliphatic carbocycles. The molecule has 1 amide bonds. The molecule has 1 heterocycles. The topological polar surface area (TPSA) is 86.5 Å². The fourth-order valence-corrected chi connectivity index (χ4v) is 2.56. The zero-order valence-electron chi connectivity index (χ0n) is 16.7. The van der Waals surface area contributed by atoms with Crippen LogP contribution >= 0.6 is 0 Å². The van der Waals surface area contributed by atoms with Crippen LogP contribution in [0.3, 0.4) is 0 Å². The number of amides is 1. The number of carbonyl (C=O) groups excluding carboxylic acids is 1. The van der Waals surface area contributed by atoms with E-state index >= 15 is 0 Å². The van der Waals surface area contributed by atoms with Crippen LogP contribution in [0.2, 0.25) is 0 Å². The van der Waals surface area contributed by atoms with Gasteiger partial charge in [-0.3, -0.25) is 4.79 Å². The predicted octanol–water partition coefficient (Wildman–Crippen LogP) is 3.80. The monoisotopic (exact) mass is 375 g/mol. The molecule has 2 rings (SSSR count).